The molecule has 0 amide bonds. The van der Waals surface area contributed by atoms with Crippen LogP contribution in [0.5, 0.6) is 0 Å². The van der Waals surface area contributed by atoms with Crippen LogP contribution in [-0.4, -0.2) is 9.55 Å². The molecule has 17 heavy (non-hydrogen) atoms. The van der Waals surface area contributed by atoms with Crippen molar-refractivity contribution in [3.8, 4) is 0 Å². The topological polar surface area (TPSA) is 37.8 Å². The molecule has 1 N–H and O–H groups in total. The second kappa shape index (κ2) is 3.50. The van der Waals surface area contributed by atoms with Gasteiger partial charge in [0, 0.05) is 6.04 Å². The standard InChI is InChI=1S/C12H11FN2OS/c1-6-4-8-10(5-9(6)13)14-12(17)15(11(8)16)7-2-3-7/h4-5,7H,2-3H2,1H3,(H,14,17). The van der Waals surface area contributed by atoms with Crippen LogP contribution in [-0.2, 0) is 0 Å². The average Bonchev–Trinajstić information content (AvgIpc) is 3.06. The normalized spacial score (nSPS) is 15.4. The number of nitrogens with one attached hydrogen (secondary N) is 1. The van der Waals surface area contributed by atoms with E-state index in [1.807, 2.05) is 0 Å². The minimum Gasteiger partial charge on any atom is -0.331 e. The summed E-state index contributed by atoms with van der Waals surface area (Å²) >= 11 is 5.14. The Kier molecular flexibility index (Phi) is 2.19. The van der Waals surface area contributed by atoms with Crippen LogP contribution in [0.1, 0.15) is 24.4 Å². The second-order valence-corrected chi connectivity index (χ2v) is 4.87. The number of benzene rings is 1. The van der Waals surface area contributed by atoms with Gasteiger partial charge >= 0.3 is 0 Å². The number of aromatic nitrogens is 2. The predicted molar refractivity (Wildman–Crippen MR) is 66.4 cm³/mol. The molecule has 0 bridgehead atoms. The molecule has 0 atom stereocenters. The van der Waals surface area contributed by atoms with Crippen molar-refractivity contribution in [1.82, 2.24) is 9.55 Å². The van der Waals surface area contributed by atoms with E-state index >= 15 is 0 Å². The number of fused-ring (bicyclic) bond motifs is 1. The van der Waals surface area contributed by atoms with E-state index in [-0.39, 0.29) is 17.4 Å². The molecule has 1 fully saturated rings. The van der Waals surface area contributed by atoms with Crippen molar-refractivity contribution in [2.24, 2.45) is 0 Å². The van der Waals surface area contributed by atoms with E-state index in [1.165, 1.54) is 6.07 Å². The van der Waals surface area contributed by atoms with Crippen LogP contribution in [0.3, 0.4) is 0 Å². The summed E-state index contributed by atoms with van der Waals surface area (Å²) in [6, 6.07) is 3.14. The summed E-state index contributed by atoms with van der Waals surface area (Å²) in [6.45, 7) is 1.65. The Morgan fingerprint density at radius 1 is 1.47 bits per heavy atom. The highest BCUT2D eigenvalue weighted by molar-refractivity contribution is 7.71. The highest BCUT2D eigenvalue weighted by Crippen LogP contribution is 2.33. The van der Waals surface area contributed by atoms with Gasteiger partial charge in [-0.15, -0.1) is 0 Å². The van der Waals surface area contributed by atoms with Gasteiger partial charge in [0.05, 0.1) is 10.9 Å². The Balaban J connectivity index is 2.44. The van der Waals surface area contributed by atoms with Crippen LogP contribution in [0.25, 0.3) is 10.9 Å². The first kappa shape index (κ1) is 10.7. The fourth-order valence-electron chi connectivity index (χ4n) is 2.02. The van der Waals surface area contributed by atoms with Gasteiger partial charge in [-0.05, 0) is 49.7 Å². The van der Waals surface area contributed by atoms with E-state index in [2.05, 4.69) is 4.98 Å². The number of aryl methyl sites for hydroxylation is 1. The van der Waals surface area contributed by atoms with Crippen LogP contribution in [0.4, 0.5) is 4.39 Å². The molecule has 0 radical (unpaired) electrons. The van der Waals surface area contributed by atoms with E-state index in [9.17, 15) is 9.18 Å². The van der Waals surface area contributed by atoms with Crippen molar-refractivity contribution >= 4 is 23.1 Å². The molecule has 1 saturated carbocycles. The van der Waals surface area contributed by atoms with Crippen molar-refractivity contribution in [2.45, 2.75) is 25.8 Å². The maximum Gasteiger partial charge on any atom is 0.262 e. The highest BCUT2D eigenvalue weighted by atomic mass is 32.1. The summed E-state index contributed by atoms with van der Waals surface area (Å²) in [6.07, 6.45) is 1.98. The van der Waals surface area contributed by atoms with Crippen LogP contribution in [0, 0.1) is 17.5 Å². The maximum atomic E-state index is 13.4. The minimum absolute atomic E-state index is 0.116. The average molecular weight is 250 g/mol. The largest absolute Gasteiger partial charge is 0.331 e. The zero-order chi connectivity index (χ0) is 12.2. The summed E-state index contributed by atoms with van der Waals surface area (Å²) in [5, 5.41) is 0.504. The molecular formula is C12H11FN2OS. The Bertz CT molecular complexity index is 728. The molecule has 0 spiro atoms. The number of hydrogen-bond donors (Lipinski definition) is 1. The monoisotopic (exact) mass is 250 g/mol. The Morgan fingerprint density at radius 2 is 2.18 bits per heavy atom. The number of rotatable bonds is 1. The van der Waals surface area contributed by atoms with Gasteiger partial charge in [0.25, 0.3) is 5.56 Å². The molecule has 88 valence electrons. The molecule has 5 heteroatoms. The molecule has 1 aromatic carbocycles. The van der Waals surface area contributed by atoms with Gasteiger partial charge in [-0.25, -0.2) is 4.39 Å². The fourth-order valence-corrected chi connectivity index (χ4v) is 2.37. The molecule has 1 heterocycles. The summed E-state index contributed by atoms with van der Waals surface area (Å²) in [5.41, 5.74) is 0.830. The Hall–Kier alpha value is -1.49. The fraction of sp³-hybridized carbons (Fsp3) is 0.333. The van der Waals surface area contributed by atoms with Gasteiger partial charge in [-0.3, -0.25) is 9.36 Å². The first-order valence-corrected chi connectivity index (χ1v) is 5.93. The van der Waals surface area contributed by atoms with Crippen LogP contribution in [0.15, 0.2) is 16.9 Å². The molecule has 3 rings (SSSR count). The number of aromatic amines is 1. The molecule has 1 aliphatic carbocycles. The van der Waals surface area contributed by atoms with E-state index in [1.54, 1.807) is 17.6 Å². The number of hydrogen-bond acceptors (Lipinski definition) is 2. The summed E-state index contributed by atoms with van der Waals surface area (Å²) in [4.78, 5) is 15.2. The number of nitrogens with zero attached hydrogens (tertiary/aromatic N) is 1. The molecule has 3 nitrogen and oxygen atoms in total. The minimum atomic E-state index is -0.327. The SMILES string of the molecule is Cc1cc2c(=O)n(C3CC3)c(=S)[nH]c2cc1F. The molecular weight excluding hydrogens is 239 g/mol. The lowest BCUT2D eigenvalue weighted by molar-refractivity contribution is 0.619. The molecule has 0 aliphatic heterocycles. The van der Waals surface area contributed by atoms with Gasteiger partial charge in [0.15, 0.2) is 4.77 Å². The van der Waals surface area contributed by atoms with Crippen molar-refractivity contribution in [3.05, 3.63) is 38.6 Å². The number of halogens is 1. The van der Waals surface area contributed by atoms with E-state index in [0.29, 0.717) is 21.2 Å². The lowest BCUT2D eigenvalue weighted by atomic mass is 10.1. The van der Waals surface area contributed by atoms with Gasteiger partial charge in [-0.2, -0.15) is 0 Å². The van der Waals surface area contributed by atoms with E-state index in [4.69, 9.17) is 12.2 Å². The third kappa shape index (κ3) is 1.61. The lowest BCUT2D eigenvalue weighted by Gasteiger charge is -2.07. The molecule has 0 saturated heterocycles. The van der Waals surface area contributed by atoms with E-state index in [0.717, 1.165) is 12.8 Å². The highest BCUT2D eigenvalue weighted by Gasteiger charge is 2.26. The van der Waals surface area contributed by atoms with Crippen molar-refractivity contribution in [3.63, 3.8) is 0 Å². The third-order valence-electron chi connectivity index (χ3n) is 3.12. The number of H-pyrrole nitrogens is 1. The molecule has 1 aromatic heterocycles. The first-order valence-electron chi connectivity index (χ1n) is 5.52. The second-order valence-electron chi connectivity index (χ2n) is 4.48. The molecule has 1 aliphatic rings. The quantitative estimate of drug-likeness (QED) is 0.790. The van der Waals surface area contributed by atoms with Crippen molar-refractivity contribution in [1.29, 1.82) is 0 Å². The summed E-state index contributed by atoms with van der Waals surface area (Å²) in [5.74, 6) is -0.327. The predicted octanol–water partition coefficient (Wildman–Crippen LogP) is 2.84. The van der Waals surface area contributed by atoms with E-state index < -0.39 is 0 Å². The van der Waals surface area contributed by atoms with Crippen molar-refractivity contribution in [2.75, 3.05) is 0 Å². The zero-order valence-corrected chi connectivity index (χ0v) is 10.1. The Labute approximate surface area is 102 Å². The molecule has 2 aromatic rings. The van der Waals surface area contributed by atoms with Crippen LogP contribution in [0.2, 0.25) is 0 Å². The molecule has 0 unspecified atom stereocenters. The Morgan fingerprint density at radius 3 is 2.82 bits per heavy atom. The van der Waals surface area contributed by atoms with Gasteiger partial charge in [0.1, 0.15) is 5.82 Å². The van der Waals surface area contributed by atoms with Gasteiger partial charge < -0.3 is 4.98 Å². The van der Waals surface area contributed by atoms with Crippen molar-refractivity contribution < 1.29 is 4.39 Å². The van der Waals surface area contributed by atoms with Gasteiger partial charge in [-0.1, -0.05) is 0 Å². The summed E-state index contributed by atoms with van der Waals surface area (Å²) < 4.78 is 15.4. The smallest absolute Gasteiger partial charge is 0.262 e. The maximum absolute atomic E-state index is 13.4. The first-order chi connectivity index (χ1) is 8.08. The summed E-state index contributed by atoms with van der Waals surface area (Å²) in [7, 11) is 0. The zero-order valence-electron chi connectivity index (χ0n) is 9.29. The third-order valence-corrected chi connectivity index (χ3v) is 3.42. The van der Waals surface area contributed by atoms with Gasteiger partial charge in [0.2, 0.25) is 0 Å². The lowest BCUT2D eigenvalue weighted by Crippen LogP contribution is -2.21. The van der Waals surface area contributed by atoms with Crippen LogP contribution < -0.4 is 5.56 Å². The van der Waals surface area contributed by atoms with Crippen LogP contribution >= 0.6 is 12.2 Å².